The van der Waals surface area contributed by atoms with Crippen molar-refractivity contribution in [3.63, 3.8) is 0 Å². The summed E-state index contributed by atoms with van der Waals surface area (Å²) in [7, 11) is 0. The largest absolute Gasteiger partial charge is 0.447 e. The lowest BCUT2D eigenvalue weighted by molar-refractivity contribution is -0.0350. The fourth-order valence-electron chi connectivity index (χ4n) is 2.25. The van der Waals surface area contributed by atoms with Gasteiger partial charge in [-0.2, -0.15) is 4.98 Å². The van der Waals surface area contributed by atoms with Crippen LogP contribution < -0.4 is 11.0 Å². The molecule has 2 heterocycles. The number of amides is 1. The maximum Gasteiger partial charge on any atom is 0.413 e. The van der Waals surface area contributed by atoms with Crippen molar-refractivity contribution >= 4 is 11.9 Å². The van der Waals surface area contributed by atoms with Crippen molar-refractivity contribution in [2.24, 2.45) is 0 Å². The van der Waals surface area contributed by atoms with Crippen molar-refractivity contribution in [1.29, 1.82) is 0 Å². The maximum absolute atomic E-state index is 12.2. The van der Waals surface area contributed by atoms with Crippen molar-refractivity contribution in [2.45, 2.75) is 51.4 Å². The highest BCUT2D eigenvalue weighted by atomic mass is 16.6. The topological polar surface area (TPSA) is 123 Å². The number of nitrogens with one attached hydrogen (secondary N) is 1. The van der Waals surface area contributed by atoms with Crippen LogP contribution in [0, 0.1) is 12.3 Å². The smallest absolute Gasteiger partial charge is 0.413 e. The SMILES string of the molecule is C#Cc1cn([C@@H]2O[C@H](C)[C@@H](O)[C@H]2O)c(=O)nc1NC(=O)OC(C)C. The van der Waals surface area contributed by atoms with E-state index in [9.17, 15) is 19.8 Å². The summed E-state index contributed by atoms with van der Waals surface area (Å²) in [5, 5.41) is 22.0. The zero-order chi connectivity index (χ0) is 18.0. The Balaban J connectivity index is 2.33. The first kappa shape index (κ1) is 17.9. The molecule has 0 radical (unpaired) electrons. The highest BCUT2D eigenvalue weighted by Crippen LogP contribution is 2.28. The van der Waals surface area contributed by atoms with Gasteiger partial charge in [0.2, 0.25) is 0 Å². The third-order valence-electron chi connectivity index (χ3n) is 3.42. The summed E-state index contributed by atoms with van der Waals surface area (Å²) in [6.07, 6.45) is 1.21. The van der Waals surface area contributed by atoms with E-state index in [1.54, 1.807) is 20.8 Å². The fraction of sp³-hybridized carbons (Fsp3) is 0.533. The fourth-order valence-corrected chi connectivity index (χ4v) is 2.25. The Morgan fingerprint density at radius 2 is 2.17 bits per heavy atom. The number of terminal acetylenes is 1. The summed E-state index contributed by atoms with van der Waals surface area (Å²) in [6.45, 7) is 4.89. The predicted octanol–water partition coefficient (Wildman–Crippen LogP) is -0.179. The summed E-state index contributed by atoms with van der Waals surface area (Å²) in [5.74, 6) is 2.16. The highest BCUT2D eigenvalue weighted by Gasteiger charge is 2.42. The minimum absolute atomic E-state index is 0.0974. The molecule has 1 amide bonds. The molecule has 0 spiro atoms. The molecule has 0 aliphatic carbocycles. The normalized spacial score (nSPS) is 26.2. The number of hydrogen-bond donors (Lipinski definition) is 3. The summed E-state index contributed by atoms with van der Waals surface area (Å²) in [4.78, 5) is 27.5. The van der Waals surface area contributed by atoms with Crippen molar-refractivity contribution in [3.8, 4) is 12.3 Å². The van der Waals surface area contributed by atoms with E-state index in [0.717, 1.165) is 4.57 Å². The lowest BCUT2D eigenvalue weighted by Gasteiger charge is -2.18. The molecule has 1 fully saturated rings. The number of hydrogen-bond acceptors (Lipinski definition) is 7. The van der Waals surface area contributed by atoms with Crippen LogP contribution in [0.1, 0.15) is 32.6 Å². The second-order valence-electron chi connectivity index (χ2n) is 5.63. The summed E-state index contributed by atoms with van der Waals surface area (Å²) in [6, 6.07) is 0. The van der Waals surface area contributed by atoms with E-state index in [2.05, 4.69) is 16.2 Å². The van der Waals surface area contributed by atoms with Gasteiger partial charge in [-0.1, -0.05) is 5.92 Å². The van der Waals surface area contributed by atoms with Crippen LogP contribution in [0.2, 0.25) is 0 Å². The number of ether oxygens (including phenoxy) is 2. The van der Waals surface area contributed by atoms with Gasteiger partial charge in [0.15, 0.2) is 12.0 Å². The lowest BCUT2D eigenvalue weighted by atomic mass is 10.1. The second-order valence-corrected chi connectivity index (χ2v) is 5.63. The maximum atomic E-state index is 12.2. The number of carbonyl (C=O) groups is 1. The molecule has 1 aliphatic rings. The Morgan fingerprint density at radius 3 is 2.67 bits per heavy atom. The van der Waals surface area contributed by atoms with Gasteiger partial charge in [-0.15, -0.1) is 6.42 Å². The molecule has 3 N–H and O–H groups in total. The van der Waals surface area contributed by atoms with E-state index in [-0.39, 0.29) is 17.5 Å². The molecule has 0 bridgehead atoms. The van der Waals surface area contributed by atoms with Crippen LogP contribution in [0.15, 0.2) is 11.0 Å². The molecule has 130 valence electrons. The Hall–Kier alpha value is -2.41. The first-order valence-corrected chi connectivity index (χ1v) is 7.33. The molecular formula is C15H19N3O6. The van der Waals surface area contributed by atoms with Crippen LogP contribution in [-0.4, -0.2) is 50.3 Å². The van der Waals surface area contributed by atoms with Gasteiger partial charge in [0.1, 0.15) is 12.2 Å². The predicted molar refractivity (Wildman–Crippen MR) is 83.3 cm³/mol. The number of aromatic nitrogens is 2. The molecule has 1 aliphatic heterocycles. The van der Waals surface area contributed by atoms with E-state index in [0.29, 0.717) is 0 Å². The van der Waals surface area contributed by atoms with Crippen molar-refractivity contribution < 1.29 is 24.5 Å². The average Bonchev–Trinajstić information content (AvgIpc) is 2.74. The number of aliphatic hydroxyl groups is 2. The van der Waals surface area contributed by atoms with Gasteiger partial charge in [0.05, 0.1) is 17.8 Å². The van der Waals surface area contributed by atoms with Gasteiger partial charge >= 0.3 is 11.8 Å². The molecule has 9 nitrogen and oxygen atoms in total. The third-order valence-corrected chi connectivity index (χ3v) is 3.42. The summed E-state index contributed by atoms with van der Waals surface area (Å²) < 4.78 is 11.2. The van der Waals surface area contributed by atoms with E-state index >= 15 is 0 Å². The molecule has 1 saturated heterocycles. The Labute approximate surface area is 138 Å². The number of rotatable bonds is 3. The first-order chi connectivity index (χ1) is 11.2. The van der Waals surface area contributed by atoms with E-state index in [1.165, 1.54) is 6.20 Å². The van der Waals surface area contributed by atoms with Crippen LogP contribution >= 0.6 is 0 Å². The number of anilines is 1. The number of nitrogens with zero attached hydrogens (tertiary/aromatic N) is 2. The Morgan fingerprint density at radius 1 is 1.50 bits per heavy atom. The van der Waals surface area contributed by atoms with Gasteiger partial charge in [0, 0.05) is 6.20 Å². The molecule has 4 atom stereocenters. The van der Waals surface area contributed by atoms with Crippen LogP contribution in [0.5, 0.6) is 0 Å². The molecule has 0 unspecified atom stereocenters. The minimum Gasteiger partial charge on any atom is -0.447 e. The molecular weight excluding hydrogens is 318 g/mol. The Kier molecular flexibility index (Phi) is 5.23. The van der Waals surface area contributed by atoms with Crippen molar-refractivity contribution in [2.75, 3.05) is 5.32 Å². The van der Waals surface area contributed by atoms with Crippen LogP contribution in [0.25, 0.3) is 0 Å². The van der Waals surface area contributed by atoms with E-state index in [4.69, 9.17) is 15.9 Å². The lowest BCUT2D eigenvalue weighted by Crippen LogP contribution is -2.36. The number of carbonyl (C=O) groups excluding carboxylic acids is 1. The quantitative estimate of drug-likeness (QED) is 0.654. The monoisotopic (exact) mass is 337 g/mol. The average molecular weight is 337 g/mol. The van der Waals surface area contributed by atoms with Gasteiger partial charge < -0.3 is 19.7 Å². The molecule has 2 rings (SSSR count). The molecule has 1 aromatic rings. The van der Waals surface area contributed by atoms with Crippen LogP contribution in [0.3, 0.4) is 0 Å². The van der Waals surface area contributed by atoms with Gasteiger partial charge in [-0.3, -0.25) is 9.88 Å². The zero-order valence-corrected chi connectivity index (χ0v) is 13.5. The van der Waals surface area contributed by atoms with Crippen molar-refractivity contribution in [1.82, 2.24) is 9.55 Å². The Bertz CT molecular complexity index is 723. The van der Waals surface area contributed by atoms with Crippen LogP contribution in [0.4, 0.5) is 10.6 Å². The van der Waals surface area contributed by atoms with Gasteiger partial charge in [-0.05, 0) is 20.8 Å². The molecule has 0 saturated carbocycles. The minimum atomic E-state index is -1.31. The molecule has 9 heteroatoms. The standard InChI is InChI=1S/C15H19N3O6/c1-5-9-6-18(13-11(20)10(19)8(4)24-13)14(21)16-12(9)17-15(22)23-7(2)3/h1,6-8,10-11,13,19-20H,2-4H3,(H,16,17,21,22)/t8-,10-,11-,13-/m1/s1. The van der Waals surface area contributed by atoms with Gasteiger partial charge in [0.25, 0.3) is 0 Å². The molecule has 24 heavy (non-hydrogen) atoms. The van der Waals surface area contributed by atoms with Crippen LogP contribution in [-0.2, 0) is 9.47 Å². The van der Waals surface area contributed by atoms with E-state index < -0.39 is 36.3 Å². The second kappa shape index (κ2) is 7.00. The van der Waals surface area contributed by atoms with Crippen molar-refractivity contribution in [3.05, 3.63) is 22.2 Å². The summed E-state index contributed by atoms with van der Waals surface area (Å²) in [5.41, 5.74) is -0.709. The summed E-state index contributed by atoms with van der Waals surface area (Å²) >= 11 is 0. The zero-order valence-electron chi connectivity index (χ0n) is 13.5. The molecule has 1 aromatic heterocycles. The molecule has 0 aromatic carbocycles. The van der Waals surface area contributed by atoms with Gasteiger partial charge in [-0.25, -0.2) is 9.59 Å². The third kappa shape index (κ3) is 3.56. The van der Waals surface area contributed by atoms with E-state index in [1.807, 2.05) is 0 Å². The highest BCUT2D eigenvalue weighted by molar-refractivity contribution is 5.85. The first-order valence-electron chi connectivity index (χ1n) is 7.33. The number of aliphatic hydroxyl groups excluding tert-OH is 2.